The standard InChI is InChI=1S/C18H16N2OS2/c1-22-17-12-15(13-23(21)16-10-6-3-7-11-16)19-18(20-17)14-8-4-2-5-9-14/h2-12H,13H2,1H3/t23-/m1/s1. The molecule has 1 heterocycles. The van der Waals surface area contributed by atoms with Gasteiger partial charge in [-0.2, -0.15) is 0 Å². The van der Waals surface area contributed by atoms with Crippen molar-refractivity contribution in [1.29, 1.82) is 0 Å². The summed E-state index contributed by atoms with van der Waals surface area (Å²) >= 11 is 1.56. The van der Waals surface area contributed by atoms with E-state index in [1.165, 1.54) is 0 Å². The first-order chi connectivity index (χ1) is 11.3. The number of thioether (sulfide) groups is 1. The van der Waals surface area contributed by atoms with Gasteiger partial charge in [0.05, 0.1) is 22.2 Å². The SMILES string of the molecule is CSc1cc(C[S@@](=O)c2ccccc2)nc(-c2ccccc2)n1. The van der Waals surface area contributed by atoms with E-state index in [9.17, 15) is 4.21 Å². The predicted octanol–water partition coefficient (Wildman–Crippen LogP) is 4.17. The van der Waals surface area contributed by atoms with Crippen molar-refractivity contribution in [2.24, 2.45) is 0 Å². The summed E-state index contributed by atoms with van der Waals surface area (Å²) in [5.74, 6) is 1.07. The fraction of sp³-hybridized carbons (Fsp3) is 0.111. The summed E-state index contributed by atoms with van der Waals surface area (Å²) in [4.78, 5) is 9.97. The van der Waals surface area contributed by atoms with Crippen molar-refractivity contribution < 1.29 is 4.21 Å². The highest BCUT2D eigenvalue weighted by atomic mass is 32.2. The number of hydrogen-bond acceptors (Lipinski definition) is 4. The van der Waals surface area contributed by atoms with E-state index in [0.29, 0.717) is 11.6 Å². The monoisotopic (exact) mass is 340 g/mol. The van der Waals surface area contributed by atoms with Gasteiger partial charge >= 0.3 is 0 Å². The molecule has 2 aromatic carbocycles. The maximum absolute atomic E-state index is 12.5. The molecule has 0 N–H and O–H groups in total. The van der Waals surface area contributed by atoms with E-state index in [-0.39, 0.29) is 0 Å². The molecule has 3 rings (SSSR count). The molecular weight excluding hydrogens is 324 g/mol. The Morgan fingerprint density at radius 1 is 0.957 bits per heavy atom. The smallest absolute Gasteiger partial charge is 0.160 e. The van der Waals surface area contributed by atoms with Gasteiger partial charge in [-0.1, -0.05) is 48.5 Å². The van der Waals surface area contributed by atoms with Gasteiger partial charge in [0.2, 0.25) is 0 Å². The molecule has 23 heavy (non-hydrogen) atoms. The Kier molecular flexibility index (Phi) is 5.20. The minimum absolute atomic E-state index is 0.389. The van der Waals surface area contributed by atoms with E-state index < -0.39 is 10.8 Å². The van der Waals surface area contributed by atoms with E-state index in [1.807, 2.05) is 73.0 Å². The van der Waals surface area contributed by atoms with Crippen LogP contribution in [0.5, 0.6) is 0 Å². The summed E-state index contributed by atoms with van der Waals surface area (Å²) in [5.41, 5.74) is 1.76. The van der Waals surface area contributed by atoms with Crippen LogP contribution in [0, 0.1) is 0 Å². The molecule has 1 aromatic heterocycles. The second-order valence-corrected chi connectivity index (χ2v) is 7.17. The van der Waals surface area contributed by atoms with Crippen LogP contribution in [-0.2, 0) is 16.6 Å². The summed E-state index contributed by atoms with van der Waals surface area (Å²) in [5, 5.41) is 0.888. The van der Waals surface area contributed by atoms with E-state index in [4.69, 9.17) is 0 Å². The molecule has 0 saturated heterocycles. The van der Waals surface area contributed by atoms with Crippen molar-refractivity contribution in [3.8, 4) is 11.4 Å². The van der Waals surface area contributed by atoms with Crippen LogP contribution in [0.2, 0.25) is 0 Å². The van der Waals surface area contributed by atoms with E-state index in [2.05, 4.69) is 9.97 Å². The van der Waals surface area contributed by atoms with Gasteiger partial charge < -0.3 is 0 Å². The highest BCUT2D eigenvalue weighted by Crippen LogP contribution is 2.21. The first kappa shape index (κ1) is 15.9. The minimum atomic E-state index is -1.11. The van der Waals surface area contributed by atoms with Crippen LogP contribution in [0.25, 0.3) is 11.4 Å². The lowest BCUT2D eigenvalue weighted by Gasteiger charge is -2.07. The zero-order valence-electron chi connectivity index (χ0n) is 12.7. The van der Waals surface area contributed by atoms with Crippen LogP contribution >= 0.6 is 11.8 Å². The number of aromatic nitrogens is 2. The first-order valence-electron chi connectivity index (χ1n) is 7.17. The Hall–Kier alpha value is -1.98. The molecule has 0 fully saturated rings. The van der Waals surface area contributed by atoms with Gasteiger partial charge in [-0.25, -0.2) is 9.97 Å². The van der Waals surface area contributed by atoms with Crippen molar-refractivity contribution in [2.45, 2.75) is 15.7 Å². The Morgan fingerprint density at radius 3 is 2.26 bits per heavy atom. The number of nitrogens with zero attached hydrogens (tertiary/aromatic N) is 2. The van der Waals surface area contributed by atoms with E-state index in [1.54, 1.807) is 11.8 Å². The van der Waals surface area contributed by atoms with Gasteiger partial charge in [-0.15, -0.1) is 11.8 Å². The molecule has 0 radical (unpaired) electrons. The molecule has 0 amide bonds. The highest BCUT2D eigenvalue weighted by Gasteiger charge is 2.10. The summed E-state index contributed by atoms with van der Waals surface area (Å²) in [6.07, 6.45) is 1.98. The summed E-state index contributed by atoms with van der Waals surface area (Å²) < 4.78 is 12.5. The zero-order valence-corrected chi connectivity index (χ0v) is 14.3. The van der Waals surface area contributed by atoms with E-state index >= 15 is 0 Å². The van der Waals surface area contributed by atoms with Gasteiger partial charge in [0.25, 0.3) is 0 Å². The van der Waals surface area contributed by atoms with Crippen LogP contribution in [0.3, 0.4) is 0 Å². The molecule has 1 atom stereocenters. The fourth-order valence-electron chi connectivity index (χ4n) is 2.16. The Morgan fingerprint density at radius 2 is 1.61 bits per heavy atom. The van der Waals surface area contributed by atoms with Crippen molar-refractivity contribution in [2.75, 3.05) is 6.26 Å². The van der Waals surface area contributed by atoms with Gasteiger partial charge in [0, 0.05) is 10.5 Å². The third-order valence-electron chi connectivity index (χ3n) is 3.28. The van der Waals surface area contributed by atoms with Crippen molar-refractivity contribution in [1.82, 2.24) is 9.97 Å². The average Bonchev–Trinajstić information content (AvgIpc) is 2.63. The quantitative estimate of drug-likeness (QED) is 0.516. The molecule has 0 aliphatic carbocycles. The van der Waals surface area contributed by atoms with Gasteiger partial charge in [0.15, 0.2) is 5.82 Å². The van der Waals surface area contributed by atoms with Crippen molar-refractivity contribution in [3.05, 3.63) is 72.4 Å². The lowest BCUT2D eigenvalue weighted by atomic mass is 10.2. The second-order valence-electron chi connectivity index (χ2n) is 4.89. The van der Waals surface area contributed by atoms with Crippen LogP contribution < -0.4 is 0 Å². The van der Waals surface area contributed by atoms with Gasteiger partial charge in [-0.05, 0) is 24.5 Å². The van der Waals surface area contributed by atoms with Gasteiger partial charge in [0.1, 0.15) is 5.03 Å². The van der Waals surface area contributed by atoms with Crippen molar-refractivity contribution >= 4 is 22.6 Å². The zero-order chi connectivity index (χ0) is 16.1. The van der Waals surface area contributed by atoms with Crippen LogP contribution in [-0.4, -0.2) is 20.4 Å². The van der Waals surface area contributed by atoms with Gasteiger partial charge in [-0.3, -0.25) is 4.21 Å². The van der Waals surface area contributed by atoms with E-state index in [0.717, 1.165) is 21.2 Å². The predicted molar refractivity (Wildman–Crippen MR) is 95.8 cm³/mol. The van der Waals surface area contributed by atoms with Crippen LogP contribution in [0.15, 0.2) is 76.7 Å². The summed E-state index contributed by atoms with van der Waals surface area (Å²) in [6.45, 7) is 0. The molecule has 5 heteroatoms. The summed E-state index contributed by atoms with van der Waals surface area (Å²) in [7, 11) is -1.11. The van der Waals surface area contributed by atoms with Crippen LogP contribution in [0.4, 0.5) is 0 Å². The first-order valence-corrected chi connectivity index (χ1v) is 9.71. The lowest BCUT2D eigenvalue weighted by Crippen LogP contribution is -2.02. The largest absolute Gasteiger partial charge is 0.254 e. The Balaban J connectivity index is 1.92. The lowest BCUT2D eigenvalue weighted by molar-refractivity contribution is 0.682. The molecule has 0 saturated carbocycles. The van der Waals surface area contributed by atoms with Crippen molar-refractivity contribution in [3.63, 3.8) is 0 Å². The number of rotatable bonds is 5. The topological polar surface area (TPSA) is 42.9 Å². The fourth-order valence-corrected chi connectivity index (χ4v) is 3.63. The normalized spacial score (nSPS) is 12.0. The molecule has 3 nitrogen and oxygen atoms in total. The summed E-state index contributed by atoms with van der Waals surface area (Å²) in [6, 6.07) is 21.3. The Bertz CT molecular complexity index is 808. The molecule has 0 unspecified atom stereocenters. The third kappa shape index (κ3) is 4.06. The highest BCUT2D eigenvalue weighted by molar-refractivity contribution is 7.98. The number of hydrogen-bond donors (Lipinski definition) is 0. The molecular formula is C18H16N2OS2. The molecule has 3 aromatic rings. The molecule has 0 spiro atoms. The van der Waals surface area contributed by atoms with Crippen LogP contribution in [0.1, 0.15) is 5.69 Å². The molecule has 0 aliphatic rings. The second kappa shape index (κ2) is 7.53. The molecule has 0 bridgehead atoms. The Labute approximate surface area is 142 Å². The molecule has 116 valence electrons. The average molecular weight is 340 g/mol. The molecule has 0 aliphatic heterocycles. The third-order valence-corrected chi connectivity index (χ3v) is 5.27. The minimum Gasteiger partial charge on any atom is -0.254 e. The number of benzene rings is 2. The maximum atomic E-state index is 12.5. The maximum Gasteiger partial charge on any atom is 0.160 e.